The van der Waals surface area contributed by atoms with Gasteiger partial charge in [-0.15, -0.1) is 0 Å². The Balaban J connectivity index is 0. The summed E-state index contributed by atoms with van der Waals surface area (Å²) in [7, 11) is -4.42. The number of aromatic carboxylic acids is 1. The van der Waals surface area contributed by atoms with Crippen molar-refractivity contribution in [3.8, 4) is 5.75 Å². The van der Waals surface area contributed by atoms with Crippen LogP contribution in [0.1, 0.15) is 10.4 Å². The Bertz CT molecular complexity index is 484. The van der Waals surface area contributed by atoms with Crippen LogP contribution in [0.15, 0.2) is 23.1 Å². The van der Waals surface area contributed by atoms with Crippen molar-refractivity contribution in [3.05, 3.63) is 23.8 Å². The second kappa shape index (κ2) is 6.97. The molecule has 0 bridgehead atoms. The summed E-state index contributed by atoms with van der Waals surface area (Å²) in [5, 5.41) is 17.6. The van der Waals surface area contributed by atoms with Gasteiger partial charge in [0.05, 0.1) is 4.90 Å². The van der Waals surface area contributed by atoms with Crippen molar-refractivity contribution in [2.45, 2.75) is 4.90 Å². The van der Waals surface area contributed by atoms with Crippen LogP contribution in [-0.2, 0) is 10.1 Å². The molecular formula is C7H8Na2O6S. The van der Waals surface area contributed by atoms with Crippen molar-refractivity contribution >= 4 is 75.2 Å². The van der Waals surface area contributed by atoms with Crippen LogP contribution in [0.25, 0.3) is 0 Å². The molecule has 0 aliphatic heterocycles. The summed E-state index contributed by atoms with van der Waals surface area (Å²) in [4.78, 5) is 9.86. The average molecular weight is 266 g/mol. The first kappa shape index (κ1) is 18.8. The van der Waals surface area contributed by atoms with Crippen LogP contribution >= 0.6 is 0 Å². The normalized spacial score (nSPS) is 9.81. The third kappa shape index (κ3) is 4.72. The fourth-order valence-corrected chi connectivity index (χ4v) is 1.35. The molecule has 0 radical (unpaired) electrons. The van der Waals surface area contributed by atoms with Gasteiger partial charge in [0.15, 0.2) is 0 Å². The van der Waals surface area contributed by atoms with Crippen LogP contribution in [0.3, 0.4) is 0 Å². The SMILES string of the molecule is O=C(O)c1ccc(S(=O)(=O)O)cc1O.[NaH].[NaH]. The van der Waals surface area contributed by atoms with E-state index in [0.717, 1.165) is 12.1 Å². The number of benzene rings is 1. The quantitative estimate of drug-likeness (QED) is 0.469. The Kier molecular flexibility index (Phi) is 8.17. The molecule has 0 atom stereocenters. The molecule has 1 rings (SSSR count). The van der Waals surface area contributed by atoms with E-state index >= 15 is 0 Å². The van der Waals surface area contributed by atoms with E-state index in [-0.39, 0.29) is 59.1 Å². The Morgan fingerprint density at radius 2 is 1.69 bits per heavy atom. The molecule has 0 heterocycles. The molecule has 3 N–H and O–H groups in total. The van der Waals surface area contributed by atoms with Gasteiger partial charge in [0.2, 0.25) is 0 Å². The Labute approximate surface area is 136 Å². The molecule has 9 heteroatoms. The number of hydrogen-bond acceptors (Lipinski definition) is 4. The molecule has 0 aliphatic carbocycles. The summed E-state index contributed by atoms with van der Waals surface area (Å²) in [6.07, 6.45) is 0. The van der Waals surface area contributed by atoms with Gasteiger partial charge in [-0.1, -0.05) is 0 Å². The van der Waals surface area contributed by atoms with E-state index in [0.29, 0.717) is 6.07 Å². The first-order valence-electron chi connectivity index (χ1n) is 3.36. The first-order chi connectivity index (χ1) is 6.32. The monoisotopic (exact) mass is 266 g/mol. The van der Waals surface area contributed by atoms with Crippen LogP contribution in [0.2, 0.25) is 0 Å². The standard InChI is InChI=1S/C7H6O6S.2Na.2H/c8-6-3-4(14(11,12)13)1-2-5(6)7(9)10;;;;/h1-3,8H,(H,9,10)(H,11,12,13);;;;. The minimum absolute atomic E-state index is 0. The number of carboxylic acids is 1. The second-order valence-corrected chi connectivity index (χ2v) is 3.88. The van der Waals surface area contributed by atoms with Gasteiger partial charge < -0.3 is 10.2 Å². The van der Waals surface area contributed by atoms with E-state index in [9.17, 15) is 13.2 Å². The molecule has 16 heavy (non-hydrogen) atoms. The molecule has 0 unspecified atom stereocenters. The number of phenols is 1. The van der Waals surface area contributed by atoms with E-state index in [1.54, 1.807) is 0 Å². The molecule has 0 saturated carbocycles. The Morgan fingerprint density at radius 1 is 1.19 bits per heavy atom. The Hall–Kier alpha value is 0.400. The van der Waals surface area contributed by atoms with Gasteiger partial charge in [0.25, 0.3) is 10.1 Å². The van der Waals surface area contributed by atoms with Crippen molar-refractivity contribution in [2.24, 2.45) is 0 Å². The molecule has 6 nitrogen and oxygen atoms in total. The van der Waals surface area contributed by atoms with Crippen LogP contribution in [-0.4, -0.2) is 88.3 Å². The van der Waals surface area contributed by atoms with Crippen LogP contribution in [0.5, 0.6) is 5.75 Å². The zero-order valence-corrected chi connectivity index (χ0v) is 7.52. The Morgan fingerprint density at radius 3 is 2.00 bits per heavy atom. The molecule has 1 aromatic rings. The topological polar surface area (TPSA) is 112 Å². The van der Waals surface area contributed by atoms with E-state index in [1.165, 1.54) is 0 Å². The molecule has 0 saturated heterocycles. The number of hydrogen-bond donors (Lipinski definition) is 3. The average Bonchev–Trinajstić information content (AvgIpc) is 2.01. The third-order valence-corrected chi connectivity index (χ3v) is 2.35. The molecule has 0 spiro atoms. The zero-order valence-electron chi connectivity index (χ0n) is 6.71. The van der Waals surface area contributed by atoms with Crippen molar-refractivity contribution in [2.75, 3.05) is 0 Å². The second-order valence-electron chi connectivity index (χ2n) is 2.46. The van der Waals surface area contributed by atoms with Crippen LogP contribution < -0.4 is 0 Å². The van der Waals surface area contributed by atoms with Crippen molar-refractivity contribution < 1.29 is 28.0 Å². The number of carbonyl (C=O) groups is 1. The molecule has 0 aromatic heterocycles. The predicted octanol–water partition coefficient (Wildman–Crippen LogP) is -0.960. The fraction of sp³-hybridized carbons (Fsp3) is 0. The fourth-order valence-electron chi connectivity index (χ4n) is 0.853. The maximum atomic E-state index is 10.6. The van der Waals surface area contributed by atoms with Crippen molar-refractivity contribution in [1.82, 2.24) is 0 Å². The number of rotatable bonds is 2. The van der Waals surface area contributed by atoms with Gasteiger partial charge in [-0.05, 0) is 12.1 Å². The molecule has 0 fully saturated rings. The maximum absolute atomic E-state index is 10.6. The van der Waals surface area contributed by atoms with E-state index in [4.69, 9.17) is 14.8 Å². The summed E-state index contributed by atoms with van der Waals surface area (Å²) < 4.78 is 29.7. The van der Waals surface area contributed by atoms with E-state index < -0.39 is 32.3 Å². The third-order valence-electron chi connectivity index (χ3n) is 1.50. The molecular weight excluding hydrogens is 258 g/mol. The van der Waals surface area contributed by atoms with Crippen LogP contribution in [0, 0.1) is 0 Å². The summed E-state index contributed by atoms with van der Waals surface area (Å²) in [6, 6.07) is 2.44. The summed E-state index contributed by atoms with van der Waals surface area (Å²) in [5.41, 5.74) is -0.433. The van der Waals surface area contributed by atoms with Gasteiger partial charge in [-0.25, -0.2) is 4.79 Å². The summed E-state index contributed by atoms with van der Waals surface area (Å²) >= 11 is 0. The van der Waals surface area contributed by atoms with Gasteiger partial charge in [-0.2, -0.15) is 8.42 Å². The molecule has 0 aliphatic rings. The van der Waals surface area contributed by atoms with Crippen molar-refractivity contribution in [3.63, 3.8) is 0 Å². The molecule has 1 aromatic carbocycles. The number of aromatic hydroxyl groups is 1. The number of carboxylic acid groups (broad SMARTS) is 1. The van der Waals surface area contributed by atoms with Gasteiger partial charge in [-0.3, -0.25) is 4.55 Å². The van der Waals surface area contributed by atoms with Gasteiger partial charge >= 0.3 is 65.1 Å². The zero-order chi connectivity index (χ0) is 10.9. The van der Waals surface area contributed by atoms with Gasteiger partial charge in [0.1, 0.15) is 11.3 Å². The van der Waals surface area contributed by atoms with Gasteiger partial charge in [0, 0.05) is 6.07 Å². The van der Waals surface area contributed by atoms with Crippen LogP contribution in [0.4, 0.5) is 0 Å². The predicted molar refractivity (Wildman–Crippen MR) is 59.2 cm³/mol. The summed E-state index contributed by atoms with van der Waals surface area (Å²) in [6.45, 7) is 0. The van der Waals surface area contributed by atoms with Crippen molar-refractivity contribution in [1.29, 1.82) is 0 Å². The first-order valence-corrected chi connectivity index (χ1v) is 4.80. The van der Waals surface area contributed by atoms with E-state index in [2.05, 4.69) is 0 Å². The minimum atomic E-state index is -4.42. The van der Waals surface area contributed by atoms with E-state index in [1.807, 2.05) is 0 Å². The molecule has 0 amide bonds. The summed E-state index contributed by atoms with van der Waals surface area (Å²) in [5.74, 6) is -2.10. The molecule has 80 valence electrons.